The SMILES string of the molecule is Cc1cccc(NC(=O)C2CCCN(CCCCC(=O)O)C2)n1. The number of carbonyl (C=O) groups is 2. The van der Waals surface area contributed by atoms with E-state index >= 15 is 0 Å². The lowest BCUT2D eigenvalue weighted by Crippen LogP contribution is -2.41. The Morgan fingerprint density at radius 2 is 2.22 bits per heavy atom. The van der Waals surface area contributed by atoms with E-state index < -0.39 is 5.97 Å². The van der Waals surface area contributed by atoms with Crippen LogP contribution in [-0.4, -0.2) is 46.5 Å². The number of anilines is 1. The normalized spacial score (nSPS) is 18.6. The average molecular weight is 319 g/mol. The van der Waals surface area contributed by atoms with Crippen LogP contribution >= 0.6 is 0 Å². The first kappa shape index (κ1) is 17.4. The number of aliphatic carboxylic acids is 1. The standard InChI is InChI=1S/C17H25N3O3/c1-13-6-4-8-15(18-13)19-17(23)14-7-5-11-20(12-14)10-3-2-9-16(21)22/h4,6,8,14H,2-3,5,7,9-12H2,1H3,(H,21,22)(H,18,19,23). The van der Waals surface area contributed by atoms with E-state index in [-0.39, 0.29) is 18.2 Å². The third kappa shape index (κ3) is 5.98. The fourth-order valence-corrected chi connectivity index (χ4v) is 2.93. The van der Waals surface area contributed by atoms with Crippen LogP contribution in [0.1, 0.15) is 37.8 Å². The van der Waals surface area contributed by atoms with E-state index in [0.717, 1.165) is 44.6 Å². The summed E-state index contributed by atoms with van der Waals surface area (Å²) in [6, 6.07) is 5.58. The van der Waals surface area contributed by atoms with Crippen LogP contribution < -0.4 is 5.32 Å². The zero-order chi connectivity index (χ0) is 16.7. The molecule has 1 unspecified atom stereocenters. The molecule has 0 saturated carbocycles. The third-order valence-corrected chi connectivity index (χ3v) is 4.13. The largest absolute Gasteiger partial charge is 0.481 e. The van der Waals surface area contributed by atoms with Crippen molar-refractivity contribution >= 4 is 17.7 Å². The predicted octanol–water partition coefficient (Wildman–Crippen LogP) is 2.30. The van der Waals surface area contributed by atoms with Gasteiger partial charge in [-0.05, 0) is 57.8 Å². The molecule has 23 heavy (non-hydrogen) atoms. The van der Waals surface area contributed by atoms with Crippen molar-refractivity contribution < 1.29 is 14.7 Å². The summed E-state index contributed by atoms with van der Waals surface area (Å²) in [6.07, 6.45) is 3.66. The molecule has 6 heteroatoms. The van der Waals surface area contributed by atoms with E-state index in [4.69, 9.17) is 5.11 Å². The first-order valence-electron chi connectivity index (χ1n) is 8.23. The minimum atomic E-state index is -0.744. The number of carboxylic acid groups (broad SMARTS) is 1. The van der Waals surface area contributed by atoms with Gasteiger partial charge in [0.1, 0.15) is 5.82 Å². The molecule has 1 aliphatic heterocycles. The Morgan fingerprint density at radius 3 is 2.96 bits per heavy atom. The summed E-state index contributed by atoms with van der Waals surface area (Å²) in [6.45, 7) is 4.49. The molecular weight excluding hydrogens is 294 g/mol. The maximum Gasteiger partial charge on any atom is 0.303 e. The minimum absolute atomic E-state index is 0.0227. The second-order valence-corrected chi connectivity index (χ2v) is 6.14. The second kappa shape index (κ2) is 8.62. The van der Waals surface area contributed by atoms with Gasteiger partial charge in [0.15, 0.2) is 0 Å². The van der Waals surface area contributed by atoms with Crippen LogP contribution in [0, 0.1) is 12.8 Å². The highest BCUT2D eigenvalue weighted by atomic mass is 16.4. The number of nitrogens with zero attached hydrogens (tertiary/aromatic N) is 2. The fraction of sp³-hybridized carbons (Fsp3) is 0.588. The second-order valence-electron chi connectivity index (χ2n) is 6.14. The van der Waals surface area contributed by atoms with Gasteiger partial charge in [-0.1, -0.05) is 6.07 Å². The summed E-state index contributed by atoms with van der Waals surface area (Å²) in [5.41, 5.74) is 0.881. The van der Waals surface area contributed by atoms with Crippen molar-refractivity contribution in [1.82, 2.24) is 9.88 Å². The van der Waals surface area contributed by atoms with E-state index in [2.05, 4.69) is 15.2 Å². The average Bonchev–Trinajstić information content (AvgIpc) is 2.52. The Labute approximate surface area is 136 Å². The Kier molecular flexibility index (Phi) is 6.52. The molecule has 0 bridgehead atoms. The lowest BCUT2D eigenvalue weighted by molar-refractivity contribution is -0.137. The highest BCUT2D eigenvalue weighted by Crippen LogP contribution is 2.19. The predicted molar refractivity (Wildman–Crippen MR) is 88.3 cm³/mol. The zero-order valence-electron chi connectivity index (χ0n) is 13.6. The number of aryl methyl sites for hydroxylation is 1. The number of amides is 1. The molecule has 0 aromatic carbocycles. The molecule has 2 heterocycles. The molecule has 2 rings (SSSR count). The first-order chi connectivity index (χ1) is 11.0. The highest BCUT2D eigenvalue weighted by Gasteiger charge is 2.25. The molecule has 1 atom stereocenters. The summed E-state index contributed by atoms with van der Waals surface area (Å²) in [4.78, 5) is 29.5. The number of carboxylic acids is 1. The first-order valence-corrected chi connectivity index (χ1v) is 8.23. The third-order valence-electron chi connectivity index (χ3n) is 4.13. The maximum absolute atomic E-state index is 12.4. The van der Waals surface area contributed by atoms with Crippen LogP contribution in [0.5, 0.6) is 0 Å². The van der Waals surface area contributed by atoms with Gasteiger partial charge in [0.05, 0.1) is 5.92 Å². The van der Waals surface area contributed by atoms with Gasteiger partial charge in [0.25, 0.3) is 0 Å². The lowest BCUT2D eigenvalue weighted by atomic mass is 9.97. The van der Waals surface area contributed by atoms with Crippen LogP contribution in [0.15, 0.2) is 18.2 Å². The molecule has 1 saturated heterocycles. The Morgan fingerprint density at radius 1 is 1.39 bits per heavy atom. The minimum Gasteiger partial charge on any atom is -0.481 e. The monoisotopic (exact) mass is 319 g/mol. The summed E-state index contributed by atoms with van der Waals surface area (Å²) in [7, 11) is 0. The van der Waals surface area contributed by atoms with Crippen molar-refractivity contribution in [3.05, 3.63) is 23.9 Å². The van der Waals surface area contributed by atoms with Gasteiger partial charge in [-0.3, -0.25) is 9.59 Å². The van der Waals surface area contributed by atoms with Crippen molar-refractivity contribution in [2.24, 2.45) is 5.92 Å². The molecule has 1 fully saturated rings. The molecule has 0 aliphatic carbocycles. The van der Waals surface area contributed by atoms with E-state index in [0.29, 0.717) is 12.2 Å². The summed E-state index contributed by atoms with van der Waals surface area (Å²) < 4.78 is 0. The number of pyridine rings is 1. The van der Waals surface area contributed by atoms with E-state index in [9.17, 15) is 9.59 Å². The Hall–Kier alpha value is -1.95. The van der Waals surface area contributed by atoms with Crippen LogP contribution in [0.2, 0.25) is 0 Å². The van der Waals surface area contributed by atoms with Gasteiger partial charge < -0.3 is 15.3 Å². The van der Waals surface area contributed by atoms with Crippen molar-refractivity contribution in [2.45, 2.75) is 39.0 Å². The number of unbranched alkanes of at least 4 members (excludes halogenated alkanes) is 1. The molecule has 126 valence electrons. The number of hydrogen-bond acceptors (Lipinski definition) is 4. The van der Waals surface area contributed by atoms with E-state index in [1.54, 1.807) is 6.07 Å². The Bertz CT molecular complexity index is 548. The fourth-order valence-electron chi connectivity index (χ4n) is 2.93. The molecule has 1 aromatic rings. The van der Waals surface area contributed by atoms with Crippen LogP contribution in [0.4, 0.5) is 5.82 Å². The van der Waals surface area contributed by atoms with Gasteiger partial charge in [-0.2, -0.15) is 0 Å². The number of aromatic nitrogens is 1. The number of hydrogen-bond donors (Lipinski definition) is 2. The van der Waals surface area contributed by atoms with Gasteiger partial charge >= 0.3 is 5.97 Å². The van der Waals surface area contributed by atoms with E-state index in [1.807, 2.05) is 19.1 Å². The summed E-state index contributed by atoms with van der Waals surface area (Å²) in [5.74, 6) is -0.135. The van der Waals surface area contributed by atoms with Crippen molar-refractivity contribution in [2.75, 3.05) is 25.0 Å². The maximum atomic E-state index is 12.4. The van der Waals surface area contributed by atoms with Crippen molar-refractivity contribution in [3.8, 4) is 0 Å². The van der Waals surface area contributed by atoms with Gasteiger partial charge in [0, 0.05) is 18.7 Å². The molecule has 1 amide bonds. The van der Waals surface area contributed by atoms with Crippen molar-refractivity contribution in [1.29, 1.82) is 0 Å². The van der Waals surface area contributed by atoms with Crippen LogP contribution in [0.3, 0.4) is 0 Å². The van der Waals surface area contributed by atoms with Gasteiger partial charge in [0.2, 0.25) is 5.91 Å². The number of rotatable bonds is 7. The van der Waals surface area contributed by atoms with Crippen LogP contribution in [-0.2, 0) is 9.59 Å². The zero-order valence-corrected chi connectivity index (χ0v) is 13.6. The molecule has 6 nitrogen and oxygen atoms in total. The summed E-state index contributed by atoms with van der Waals surface area (Å²) in [5, 5.41) is 11.6. The van der Waals surface area contributed by atoms with Crippen LogP contribution in [0.25, 0.3) is 0 Å². The lowest BCUT2D eigenvalue weighted by Gasteiger charge is -2.31. The van der Waals surface area contributed by atoms with Gasteiger partial charge in [-0.15, -0.1) is 0 Å². The molecule has 0 radical (unpaired) electrons. The number of nitrogens with one attached hydrogen (secondary N) is 1. The van der Waals surface area contributed by atoms with E-state index in [1.165, 1.54) is 0 Å². The molecule has 1 aromatic heterocycles. The molecule has 0 spiro atoms. The smallest absolute Gasteiger partial charge is 0.303 e. The number of likely N-dealkylation sites (tertiary alicyclic amines) is 1. The molecule has 1 aliphatic rings. The quantitative estimate of drug-likeness (QED) is 0.754. The Balaban J connectivity index is 1.78. The molecule has 2 N–H and O–H groups in total. The molecular formula is C17H25N3O3. The number of carbonyl (C=O) groups excluding carboxylic acids is 1. The van der Waals surface area contributed by atoms with Crippen molar-refractivity contribution in [3.63, 3.8) is 0 Å². The van der Waals surface area contributed by atoms with Gasteiger partial charge in [-0.25, -0.2) is 4.98 Å². The topological polar surface area (TPSA) is 82.5 Å². The summed E-state index contributed by atoms with van der Waals surface area (Å²) >= 11 is 0. The highest BCUT2D eigenvalue weighted by molar-refractivity contribution is 5.91. The number of piperidine rings is 1.